The Morgan fingerprint density at radius 1 is 1.31 bits per heavy atom. The molecule has 0 radical (unpaired) electrons. The summed E-state index contributed by atoms with van der Waals surface area (Å²) in [6.07, 6.45) is -2.78. The molecule has 1 amide bonds. The Hall–Kier alpha value is -3.24. The highest BCUT2D eigenvalue weighted by atomic mass is 19.4. The summed E-state index contributed by atoms with van der Waals surface area (Å²) in [6, 6.07) is 6.17. The second kappa shape index (κ2) is 6.94. The predicted molar refractivity (Wildman–Crippen MR) is 81.6 cm³/mol. The topological polar surface area (TPSA) is 110 Å². The number of H-pyrrole nitrogens is 1. The number of hydrogen-bond acceptors (Lipinski definition) is 6. The Morgan fingerprint density at radius 3 is 2.58 bits per heavy atom. The van der Waals surface area contributed by atoms with E-state index in [1.54, 1.807) is 24.3 Å². The van der Waals surface area contributed by atoms with Crippen molar-refractivity contribution in [3.8, 4) is 11.4 Å². The average molecular weight is 366 g/mol. The van der Waals surface area contributed by atoms with Crippen LogP contribution in [0.4, 0.5) is 13.2 Å². The van der Waals surface area contributed by atoms with Crippen LogP contribution in [0.25, 0.3) is 11.4 Å². The molecule has 0 aliphatic carbocycles. The molecule has 3 aromatic rings. The quantitative estimate of drug-likeness (QED) is 0.719. The number of hydrogen-bond donors (Lipinski definition) is 2. The third-order valence-electron chi connectivity index (χ3n) is 3.60. The molecule has 2 aromatic heterocycles. The van der Waals surface area contributed by atoms with Crippen LogP contribution in [0.15, 0.2) is 35.0 Å². The van der Waals surface area contributed by atoms with Gasteiger partial charge in [0.15, 0.2) is 5.69 Å². The van der Waals surface area contributed by atoms with Crippen molar-refractivity contribution in [2.45, 2.75) is 25.6 Å². The highest BCUT2D eigenvalue weighted by Gasteiger charge is 2.38. The van der Waals surface area contributed by atoms with E-state index in [1.165, 1.54) is 6.20 Å². The molecule has 1 unspecified atom stereocenters. The lowest BCUT2D eigenvalue weighted by Crippen LogP contribution is -2.28. The largest absolute Gasteiger partial charge is 0.471 e. The van der Waals surface area contributed by atoms with Crippen LogP contribution in [-0.4, -0.2) is 31.5 Å². The van der Waals surface area contributed by atoms with E-state index in [9.17, 15) is 18.0 Å². The van der Waals surface area contributed by atoms with Gasteiger partial charge in [0.05, 0.1) is 12.2 Å². The van der Waals surface area contributed by atoms with Crippen LogP contribution in [-0.2, 0) is 6.18 Å². The minimum Gasteiger partial charge on any atom is -0.344 e. The van der Waals surface area contributed by atoms with Crippen LogP contribution >= 0.6 is 0 Å². The summed E-state index contributed by atoms with van der Waals surface area (Å²) in [5, 5.41) is 15.8. The first kappa shape index (κ1) is 17.6. The summed E-state index contributed by atoms with van der Waals surface area (Å²) in [5.74, 6) is -1.95. The van der Waals surface area contributed by atoms with E-state index in [-0.39, 0.29) is 23.5 Å². The summed E-state index contributed by atoms with van der Waals surface area (Å²) < 4.78 is 41.8. The third kappa shape index (κ3) is 3.71. The van der Waals surface area contributed by atoms with Gasteiger partial charge in [0.2, 0.25) is 5.82 Å². The first-order valence-electron chi connectivity index (χ1n) is 7.56. The van der Waals surface area contributed by atoms with E-state index >= 15 is 0 Å². The second-order valence-corrected chi connectivity index (χ2v) is 5.33. The molecule has 0 saturated heterocycles. The van der Waals surface area contributed by atoms with E-state index in [1.807, 2.05) is 6.92 Å². The molecule has 0 bridgehead atoms. The molecular formula is C15H13F3N6O2. The van der Waals surface area contributed by atoms with Gasteiger partial charge >= 0.3 is 12.1 Å². The van der Waals surface area contributed by atoms with Gasteiger partial charge in [-0.2, -0.15) is 33.6 Å². The smallest absolute Gasteiger partial charge is 0.344 e. The van der Waals surface area contributed by atoms with E-state index in [0.29, 0.717) is 12.0 Å². The Morgan fingerprint density at radius 2 is 2.04 bits per heavy atom. The van der Waals surface area contributed by atoms with Crippen molar-refractivity contribution in [2.24, 2.45) is 0 Å². The van der Waals surface area contributed by atoms with E-state index in [0.717, 1.165) is 5.56 Å². The number of rotatable bonds is 5. The lowest BCUT2D eigenvalue weighted by Gasteiger charge is -2.16. The SMILES string of the molecule is CCC(NC(=O)c1cn[nH]n1)c1ccc(-c2noc(C(F)(F)F)n2)cc1. The van der Waals surface area contributed by atoms with Gasteiger partial charge in [-0.25, -0.2) is 0 Å². The zero-order valence-electron chi connectivity index (χ0n) is 13.4. The van der Waals surface area contributed by atoms with Crippen molar-refractivity contribution in [2.75, 3.05) is 0 Å². The van der Waals surface area contributed by atoms with Crippen molar-refractivity contribution in [1.82, 2.24) is 30.9 Å². The first-order chi connectivity index (χ1) is 12.4. The molecule has 11 heteroatoms. The summed E-state index contributed by atoms with van der Waals surface area (Å²) in [7, 11) is 0. The predicted octanol–water partition coefficient (Wildman–Crippen LogP) is 2.75. The number of benzene rings is 1. The van der Waals surface area contributed by atoms with Crippen molar-refractivity contribution in [1.29, 1.82) is 0 Å². The number of halogens is 3. The van der Waals surface area contributed by atoms with Gasteiger partial charge in [-0.1, -0.05) is 36.3 Å². The highest BCUT2D eigenvalue weighted by Crippen LogP contribution is 2.29. The number of aromatic amines is 1. The molecule has 0 spiro atoms. The fraction of sp³-hybridized carbons (Fsp3) is 0.267. The Balaban J connectivity index is 1.75. The molecule has 2 heterocycles. The molecule has 2 N–H and O–H groups in total. The molecule has 0 aliphatic rings. The molecular weight excluding hydrogens is 353 g/mol. The summed E-state index contributed by atoms with van der Waals surface area (Å²) in [6.45, 7) is 1.89. The fourth-order valence-corrected chi connectivity index (χ4v) is 2.28. The van der Waals surface area contributed by atoms with Gasteiger partial charge in [0.25, 0.3) is 5.91 Å². The Kier molecular flexibility index (Phi) is 4.69. The normalized spacial score (nSPS) is 12.8. The fourth-order valence-electron chi connectivity index (χ4n) is 2.28. The number of amides is 1. The third-order valence-corrected chi connectivity index (χ3v) is 3.60. The van der Waals surface area contributed by atoms with E-state index < -0.39 is 12.1 Å². The van der Waals surface area contributed by atoms with Gasteiger partial charge in [-0.15, -0.1) is 0 Å². The maximum absolute atomic E-state index is 12.5. The van der Waals surface area contributed by atoms with Gasteiger partial charge in [0, 0.05) is 5.56 Å². The van der Waals surface area contributed by atoms with Gasteiger partial charge in [-0.05, 0) is 12.0 Å². The van der Waals surface area contributed by atoms with Crippen LogP contribution < -0.4 is 5.32 Å². The van der Waals surface area contributed by atoms with Crippen LogP contribution in [0.1, 0.15) is 41.3 Å². The molecule has 136 valence electrons. The number of nitrogens with one attached hydrogen (secondary N) is 2. The molecule has 1 aromatic carbocycles. The number of carbonyl (C=O) groups excluding carboxylic acids is 1. The van der Waals surface area contributed by atoms with Gasteiger partial charge in [-0.3, -0.25) is 4.79 Å². The monoisotopic (exact) mass is 366 g/mol. The molecule has 8 nitrogen and oxygen atoms in total. The molecule has 3 rings (SSSR count). The van der Waals surface area contributed by atoms with E-state index in [2.05, 4.69) is 35.4 Å². The average Bonchev–Trinajstić information content (AvgIpc) is 3.30. The minimum atomic E-state index is -4.69. The molecule has 0 fully saturated rings. The summed E-state index contributed by atoms with van der Waals surface area (Å²) in [4.78, 5) is 15.4. The molecule has 1 atom stereocenters. The van der Waals surface area contributed by atoms with Gasteiger partial charge in [0.1, 0.15) is 0 Å². The molecule has 26 heavy (non-hydrogen) atoms. The zero-order valence-corrected chi connectivity index (χ0v) is 13.4. The van der Waals surface area contributed by atoms with Crippen LogP contribution in [0.2, 0.25) is 0 Å². The van der Waals surface area contributed by atoms with Crippen molar-refractivity contribution < 1.29 is 22.5 Å². The number of nitrogens with zero attached hydrogens (tertiary/aromatic N) is 4. The van der Waals surface area contributed by atoms with Crippen LogP contribution in [0.5, 0.6) is 0 Å². The van der Waals surface area contributed by atoms with Crippen LogP contribution in [0.3, 0.4) is 0 Å². The second-order valence-electron chi connectivity index (χ2n) is 5.33. The molecule has 0 saturated carbocycles. The van der Waals surface area contributed by atoms with Crippen molar-refractivity contribution in [3.05, 3.63) is 47.6 Å². The maximum Gasteiger partial charge on any atom is 0.471 e. The Labute approximate surface area is 144 Å². The standard InChI is InChI=1S/C15H13F3N6O2/c1-2-10(20-13(25)11-7-19-24-22-11)8-3-5-9(6-4-8)12-21-14(26-23-12)15(16,17)18/h3-7,10H,2H2,1H3,(H,20,25)(H,19,22,24). The van der Waals surface area contributed by atoms with E-state index in [4.69, 9.17) is 0 Å². The minimum absolute atomic E-state index is 0.159. The van der Waals surface area contributed by atoms with Crippen molar-refractivity contribution >= 4 is 5.91 Å². The highest BCUT2D eigenvalue weighted by molar-refractivity contribution is 5.92. The lowest BCUT2D eigenvalue weighted by atomic mass is 10.0. The number of aromatic nitrogens is 5. The first-order valence-corrected chi connectivity index (χ1v) is 7.56. The van der Waals surface area contributed by atoms with Crippen LogP contribution in [0, 0.1) is 0 Å². The van der Waals surface area contributed by atoms with Gasteiger partial charge < -0.3 is 9.84 Å². The molecule has 0 aliphatic heterocycles. The maximum atomic E-state index is 12.5. The zero-order chi connectivity index (χ0) is 18.7. The Bertz CT molecular complexity index is 874. The number of alkyl halides is 3. The lowest BCUT2D eigenvalue weighted by molar-refractivity contribution is -0.159. The summed E-state index contributed by atoms with van der Waals surface area (Å²) >= 11 is 0. The number of carbonyl (C=O) groups is 1. The summed E-state index contributed by atoms with van der Waals surface area (Å²) in [5.41, 5.74) is 1.30. The van der Waals surface area contributed by atoms with Crippen molar-refractivity contribution in [3.63, 3.8) is 0 Å².